The van der Waals surface area contributed by atoms with E-state index >= 15 is 0 Å². The Hall–Kier alpha value is -0.590. The summed E-state index contributed by atoms with van der Waals surface area (Å²) in [5.74, 6) is 1.97. The Morgan fingerprint density at radius 1 is 1.46 bits per heavy atom. The summed E-state index contributed by atoms with van der Waals surface area (Å²) >= 11 is 0. The minimum atomic E-state index is 0.439. The van der Waals surface area contributed by atoms with Gasteiger partial charge in [-0.3, -0.25) is 4.79 Å². The maximum Gasteiger partial charge on any atom is 0.158 e. The van der Waals surface area contributed by atoms with Crippen LogP contribution in [0.25, 0.3) is 0 Å². The van der Waals surface area contributed by atoms with Crippen molar-refractivity contribution in [2.75, 3.05) is 0 Å². The highest BCUT2D eigenvalue weighted by Gasteiger charge is 2.26. The average molecular weight is 178 g/mol. The van der Waals surface area contributed by atoms with Crippen molar-refractivity contribution in [2.24, 2.45) is 11.8 Å². The number of hydrogen-bond donors (Lipinski definition) is 0. The molecule has 2 aliphatic carbocycles. The van der Waals surface area contributed by atoms with Crippen LogP contribution in [0.2, 0.25) is 0 Å². The van der Waals surface area contributed by atoms with Gasteiger partial charge in [0.25, 0.3) is 0 Å². The summed E-state index contributed by atoms with van der Waals surface area (Å²) in [5, 5.41) is 0. The first kappa shape index (κ1) is 8.98. The molecule has 0 aliphatic heterocycles. The predicted octanol–water partition coefficient (Wildman–Crippen LogP) is 3.10. The van der Waals surface area contributed by atoms with Crippen LogP contribution < -0.4 is 0 Å². The summed E-state index contributed by atoms with van der Waals surface area (Å²) in [5.41, 5.74) is 1.13. The Kier molecular flexibility index (Phi) is 2.52. The zero-order chi connectivity index (χ0) is 9.26. The molecule has 0 heterocycles. The molecule has 0 aromatic heterocycles. The Morgan fingerprint density at radius 2 is 2.23 bits per heavy atom. The van der Waals surface area contributed by atoms with Crippen molar-refractivity contribution < 1.29 is 4.79 Å². The topological polar surface area (TPSA) is 17.1 Å². The largest absolute Gasteiger partial charge is 0.295 e. The van der Waals surface area contributed by atoms with Gasteiger partial charge in [0.1, 0.15) is 0 Å². The standard InChI is InChI=1S/C12H18O/c1-9-2-6-11(7-3-9)12(13)8-10-4-5-10/h6,9-10H,2-5,7-8H2,1H3. The molecule has 2 aliphatic rings. The maximum atomic E-state index is 11.7. The molecule has 1 atom stereocenters. The lowest BCUT2D eigenvalue weighted by Gasteiger charge is -2.17. The van der Waals surface area contributed by atoms with E-state index in [4.69, 9.17) is 0 Å². The van der Waals surface area contributed by atoms with Crippen LogP contribution >= 0.6 is 0 Å². The van der Waals surface area contributed by atoms with Crippen LogP contribution in [0.3, 0.4) is 0 Å². The minimum Gasteiger partial charge on any atom is -0.295 e. The minimum absolute atomic E-state index is 0.439. The van der Waals surface area contributed by atoms with E-state index in [2.05, 4.69) is 13.0 Å². The summed E-state index contributed by atoms with van der Waals surface area (Å²) in [7, 11) is 0. The van der Waals surface area contributed by atoms with Gasteiger partial charge >= 0.3 is 0 Å². The Balaban J connectivity index is 1.88. The van der Waals surface area contributed by atoms with Gasteiger partial charge in [0.2, 0.25) is 0 Å². The number of rotatable bonds is 3. The van der Waals surface area contributed by atoms with Gasteiger partial charge in [0.15, 0.2) is 5.78 Å². The number of Topliss-reactive ketones (excluding diaryl/α,β-unsaturated/α-hetero) is 1. The normalized spacial score (nSPS) is 28.4. The molecule has 0 saturated heterocycles. The second kappa shape index (κ2) is 3.65. The molecule has 72 valence electrons. The van der Waals surface area contributed by atoms with Gasteiger partial charge in [-0.05, 0) is 49.5 Å². The molecule has 0 N–H and O–H groups in total. The molecule has 0 aromatic rings. The molecule has 0 amide bonds. The van der Waals surface area contributed by atoms with Crippen LogP contribution in [-0.4, -0.2) is 5.78 Å². The van der Waals surface area contributed by atoms with Crippen LogP contribution in [-0.2, 0) is 4.79 Å². The van der Waals surface area contributed by atoms with Crippen LogP contribution in [0.5, 0.6) is 0 Å². The first-order valence-electron chi connectivity index (χ1n) is 5.48. The second-order valence-corrected chi connectivity index (χ2v) is 4.68. The summed E-state index contributed by atoms with van der Waals surface area (Å²) < 4.78 is 0. The molecule has 0 spiro atoms. The van der Waals surface area contributed by atoms with Crippen molar-refractivity contribution in [3.8, 4) is 0 Å². The summed E-state index contributed by atoms with van der Waals surface area (Å²) in [6.07, 6.45) is 8.95. The van der Waals surface area contributed by atoms with Gasteiger partial charge in [0, 0.05) is 6.42 Å². The highest BCUT2D eigenvalue weighted by atomic mass is 16.1. The quantitative estimate of drug-likeness (QED) is 0.649. The number of allylic oxidation sites excluding steroid dienone is 2. The van der Waals surface area contributed by atoms with Gasteiger partial charge in [-0.15, -0.1) is 0 Å². The predicted molar refractivity (Wildman–Crippen MR) is 53.4 cm³/mol. The highest BCUT2D eigenvalue weighted by Crippen LogP contribution is 2.34. The van der Waals surface area contributed by atoms with Gasteiger partial charge in [-0.2, -0.15) is 0 Å². The zero-order valence-electron chi connectivity index (χ0n) is 8.38. The van der Waals surface area contributed by atoms with Crippen LogP contribution in [0, 0.1) is 11.8 Å². The fraction of sp³-hybridized carbons (Fsp3) is 0.750. The van der Waals surface area contributed by atoms with Crippen molar-refractivity contribution >= 4 is 5.78 Å². The third-order valence-electron chi connectivity index (χ3n) is 3.20. The lowest BCUT2D eigenvalue weighted by molar-refractivity contribution is -0.116. The first-order chi connectivity index (χ1) is 6.25. The van der Waals surface area contributed by atoms with E-state index in [1.54, 1.807) is 0 Å². The lowest BCUT2D eigenvalue weighted by Crippen LogP contribution is -2.10. The highest BCUT2D eigenvalue weighted by molar-refractivity contribution is 5.95. The fourth-order valence-electron chi connectivity index (χ4n) is 1.93. The third-order valence-corrected chi connectivity index (χ3v) is 3.20. The molecule has 1 saturated carbocycles. The molecule has 0 radical (unpaired) electrons. The molecule has 1 fully saturated rings. The zero-order valence-corrected chi connectivity index (χ0v) is 8.38. The molecule has 1 unspecified atom stereocenters. The van der Waals surface area contributed by atoms with E-state index in [9.17, 15) is 4.79 Å². The fourth-order valence-corrected chi connectivity index (χ4v) is 1.93. The van der Waals surface area contributed by atoms with Gasteiger partial charge in [0.05, 0.1) is 0 Å². The van der Waals surface area contributed by atoms with Crippen molar-refractivity contribution in [3.05, 3.63) is 11.6 Å². The Morgan fingerprint density at radius 3 is 2.77 bits per heavy atom. The monoisotopic (exact) mass is 178 g/mol. The van der Waals surface area contributed by atoms with Crippen molar-refractivity contribution in [2.45, 2.75) is 45.4 Å². The summed E-state index contributed by atoms with van der Waals surface area (Å²) in [4.78, 5) is 11.7. The first-order valence-corrected chi connectivity index (χ1v) is 5.48. The van der Waals surface area contributed by atoms with Crippen LogP contribution in [0.1, 0.15) is 45.4 Å². The van der Waals surface area contributed by atoms with E-state index in [-0.39, 0.29) is 0 Å². The SMILES string of the molecule is CC1CC=C(C(=O)CC2CC2)CC1. The van der Waals surface area contributed by atoms with Gasteiger partial charge in [-0.25, -0.2) is 0 Å². The number of ketones is 1. The molecule has 2 rings (SSSR count). The van der Waals surface area contributed by atoms with Crippen molar-refractivity contribution in [3.63, 3.8) is 0 Å². The maximum absolute atomic E-state index is 11.7. The van der Waals surface area contributed by atoms with Crippen LogP contribution in [0.15, 0.2) is 11.6 Å². The average Bonchev–Trinajstić information content (AvgIpc) is 2.89. The van der Waals surface area contributed by atoms with E-state index in [0.717, 1.165) is 36.7 Å². The Bertz CT molecular complexity index is 236. The second-order valence-electron chi connectivity index (χ2n) is 4.68. The van der Waals surface area contributed by atoms with E-state index < -0.39 is 0 Å². The smallest absolute Gasteiger partial charge is 0.158 e. The molecule has 13 heavy (non-hydrogen) atoms. The van der Waals surface area contributed by atoms with E-state index in [1.807, 2.05) is 0 Å². The van der Waals surface area contributed by atoms with Crippen LogP contribution in [0.4, 0.5) is 0 Å². The Labute approximate surface area is 80.2 Å². The van der Waals surface area contributed by atoms with Crippen molar-refractivity contribution in [1.29, 1.82) is 0 Å². The number of carbonyl (C=O) groups excluding carboxylic acids is 1. The summed E-state index contributed by atoms with van der Waals surface area (Å²) in [6.45, 7) is 2.26. The lowest BCUT2D eigenvalue weighted by atomic mass is 9.88. The van der Waals surface area contributed by atoms with Crippen molar-refractivity contribution in [1.82, 2.24) is 0 Å². The molecular weight excluding hydrogens is 160 g/mol. The third kappa shape index (κ3) is 2.43. The molecular formula is C12H18O. The van der Waals surface area contributed by atoms with E-state index in [1.165, 1.54) is 19.3 Å². The molecule has 1 heteroatoms. The number of carbonyl (C=O) groups is 1. The molecule has 1 nitrogen and oxygen atoms in total. The molecule has 0 aromatic carbocycles. The van der Waals surface area contributed by atoms with Gasteiger partial charge in [-0.1, -0.05) is 13.0 Å². The summed E-state index contributed by atoms with van der Waals surface area (Å²) in [6, 6.07) is 0. The van der Waals surface area contributed by atoms with E-state index in [0.29, 0.717) is 5.78 Å². The molecule has 0 bridgehead atoms. The van der Waals surface area contributed by atoms with Gasteiger partial charge < -0.3 is 0 Å². The number of hydrogen-bond acceptors (Lipinski definition) is 1.